The standard InChI is InChI=1S/C27H34N2O2/c1-26(2,3)16-19-8-7-9-20(14-19)17-29(18-27(4,5)6)25(31)24-12-10-21-15-22(30)11-13-23(21)28-24/h7-15,30H,16-18H2,1-6H3. The van der Waals surface area contributed by atoms with Crippen LogP contribution in [0.25, 0.3) is 10.9 Å². The third-order valence-corrected chi connectivity index (χ3v) is 4.94. The number of hydrogen-bond acceptors (Lipinski definition) is 3. The molecule has 1 N–H and O–H groups in total. The lowest BCUT2D eigenvalue weighted by Crippen LogP contribution is -2.37. The molecule has 4 nitrogen and oxygen atoms in total. The van der Waals surface area contributed by atoms with E-state index in [0.717, 1.165) is 17.4 Å². The highest BCUT2D eigenvalue weighted by molar-refractivity contribution is 5.95. The van der Waals surface area contributed by atoms with Crippen molar-refractivity contribution in [1.29, 1.82) is 0 Å². The molecule has 31 heavy (non-hydrogen) atoms. The van der Waals surface area contributed by atoms with Crippen molar-refractivity contribution in [3.63, 3.8) is 0 Å². The number of aromatic nitrogens is 1. The second-order valence-corrected chi connectivity index (χ2v) is 10.9. The van der Waals surface area contributed by atoms with E-state index in [2.05, 4.69) is 70.8 Å². The van der Waals surface area contributed by atoms with E-state index in [1.165, 1.54) is 5.56 Å². The van der Waals surface area contributed by atoms with Crippen LogP contribution in [-0.4, -0.2) is 27.4 Å². The summed E-state index contributed by atoms with van der Waals surface area (Å²) in [5.41, 5.74) is 3.71. The smallest absolute Gasteiger partial charge is 0.272 e. The Hall–Kier alpha value is -2.88. The summed E-state index contributed by atoms with van der Waals surface area (Å²) in [7, 11) is 0. The molecule has 0 radical (unpaired) electrons. The summed E-state index contributed by atoms with van der Waals surface area (Å²) in [6.07, 6.45) is 0.993. The number of phenolic OH excluding ortho intramolecular Hbond substituents is 1. The topological polar surface area (TPSA) is 53.4 Å². The molecule has 0 aliphatic heterocycles. The first kappa shape index (κ1) is 22.8. The van der Waals surface area contributed by atoms with Gasteiger partial charge in [-0.05, 0) is 52.6 Å². The van der Waals surface area contributed by atoms with E-state index in [1.807, 2.05) is 11.0 Å². The first-order valence-corrected chi connectivity index (χ1v) is 10.9. The quantitative estimate of drug-likeness (QED) is 0.535. The third kappa shape index (κ3) is 6.55. The Balaban J connectivity index is 1.89. The van der Waals surface area contributed by atoms with Crippen LogP contribution in [0.4, 0.5) is 0 Å². The predicted molar refractivity (Wildman–Crippen MR) is 127 cm³/mol. The van der Waals surface area contributed by atoms with Crippen molar-refractivity contribution in [2.75, 3.05) is 6.54 Å². The lowest BCUT2D eigenvalue weighted by atomic mass is 9.87. The van der Waals surface area contributed by atoms with Crippen LogP contribution in [0.5, 0.6) is 5.75 Å². The van der Waals surface area contributed by atoms with Gasteiger partial charge >= 0.3 is 0 Å². The van der Waals surface area contributed by atoms with Gasteiger partial charge in [-0.15, -0.1) is 0 Å². The Bertz CT molecular complexity index is 1070. The zero-order valence-electron chi connectivity index (χ0n) is 19.6. The van der Waals surface area contributed by atoms with Crippen LogP contribution < -0.4 is 0 Å². The van der Waals surface area contributed by atoms with Crippen molar-refractivity contribution in [3.8, 4) is 5.75 Å². The first-order chi connectivity index (χ1) is 14.4. The Morgan fingerprint density at radius 2 is 1.61 bits per heavy atom. The molecule has 0 saturated carbocycles. The van der Waals surface area contributed by atoms with E-state index in [4.69, 9.17) is 0 Å². The van der Waals surface area contributed by atoms with Gasteiger partial charge in [-0.25, -0.2) is 4.98 Å². The van der Waals surface area contributed by atoms with Gasteiger partial charge in [-0.2, -0.15) is 0 Å². The summed E-state index contributed by atoms with van der Waals surface area (Å²) in [4.78, 5) is 19.9. The molecule has 0 aliphatic rings. The average molecular weight is 419 g/mol. The fraction of sp³-hybridized carbons (Fsp3) is 0.407. The van der Waals surface area contributed by atoms with Crippen LogP contribution in [0.1, 0.15) is 63.2 Å². The van der Waals surface area contributed by atoms with Crippen LogP contribution in [-0.2, 0) is 13.0 Å². The van der Waals surface area contributed by atoms with Crippen LogP contribution in [0.3, 0.4) is 0 Å². The number of fused-ring (bicyclic) bond motifs is 1. The van der Waals surface area contributed by atoms with E-state index < -0.39 is 0 Å². The molecule has 4 heteroatoms. The van der Waals surface area contributed by atoms with Crippen LogP contribution in [0, 0.1) is 10.8 Å². The molecule has 0 atom stereocenters. The number of rotatable bonds is 5. The number of phenols is 1. The van der Waals surface area contributed by atoms with Gasteiger partial charge in [0.05, 0.1) is 5.52 Å². The summed E-state index contributed by atoms with van der Waals surface area (Å²) < 4.78 is 0. The maximum absolute atomic E-state index is 13.5. The molecule has 0 aliphatic carbocycles. The summed E-state index contributed by atoms with van der Waals surface area (Å²) in [6.45, 7) is 14.3. The fourth-order valence-electron chi connectivity index (χ4n) is 3.84. The van der Waals surface area contributed by atoms with Gasteiger partial charge in [-0.1, -0.05) is 71.9 Å². The molecule has 1 heterocycles. The molecule has 2 aromatic carbocycles. The average Bonchev–Trinajstić information content (AvgIpc) is 2.64. The molecule has 0 bridgehead atoms. The SMILES string of the molecule is CC(C)(C)Cc1cccc(CN(CC(C)(C)C)C(=O)c2ccc3cc(O)ccc3n2)c1. The second-order valence-electron chi connectivity index (χ2n) is 10.9. The lowest BCUT2D eigenvalue weighted by molar-refractivity contribution is 0.0674. The Morgan fingerprint density at radius 1 is 0.903 bits per heavy atom. The normalized spacial score (nSPS) is 12.2. The number of hydrogen-bond donors (Lipinski definition) is 1. The van der Waals surface area contributed by atoms with Crippen molar-refractivity contribution in [1.82, 2.24) is 9.88 Å². The third-order valence-electron chi connectivity index (χ3n) is 4.94. The van der Waals surface area contributed by atoms with Crippen molar-refractivity contribution >= 4 is 16.8 Å². The maximum Gasteiger partial charge on any atom is 0.272 e. The molecule has 164 valence electrons. The van der Waals surface area contributed by atoms with Gasteiger partial charge < -0.3 is 10.0 Å². The monoisotopic (exact) mass is 418 g/mol. The zero-order valence-corrected chi connectivity index (χ0v) is 19.6. The van der Waals surface area contributed by atoms with E-state index >= 15 is 0 Å². The molecule has 0 fully saturated rings. The molecular formula is C27H34N2O2. The molecule has 0 spiro atoms. The second kappa shape index (κ2) is 8.70. The van der Waals surface area contributed by atoms with E-state index in [-0.39, 0.29) is 22.5 Å². The maximum atomic E-state index is 13.5. The number of nitrogens with zero attached hydrogens (tertiary/aromatic N) is 2. The lowest BCUT2D eigenvalue weighted by Gasteiger charge is -2.30. The fourth-order valence-corrected chi connectivity index (χ4v) is 3.84. The van der Waals surface area contributed by atoms with Crippen LogP contribution >= 0.6 is 0 Å². The van der Waals surface area contributed by atoms with Gasteiger partial charge in [-0.3, -0.25) is 4.79 Å². The van der Waals surface area contributed by atoms with Crippen molar-refractivity contribution in [3.05, 3.63) is 71.4 Å². The van der Waals surface area contributed by atoms with Crippen LogP contribution in [0.2, 0.25) is 0 Å². The summed E-state index contributed by atoms with van der Waals surface area (Å²) in [5, 5.41) is 10.5. The predicted octanol–water partition coefficient (Wildman–Crippen LogP) is 6.22. The number of amides is 1. The van der Waals surface area contributed by atoms with Gasteiger partial charge in [0.15, 0.2) is 0 Å². The largest absolute Gasteiger partial charge is 0.508 e. The first-order valence-electron chi connectivity index (χ1n) is 10.9. The molecule has 3 rings (SSSR count). The van der Waals surface area contributed by atoms with E-state index in [9.17, 15) is 9.90 Å². The molecule has 1 amide bonds. The summed E-state index contributed by atoms with van der Waals surface area (Å²) in [5.74, 6) is 0.115. The van der Waals surface area contributed by atoms with E-state index in [0.29, 0.717) is 24.3 Å². The van der Waals surface area contributed by atoms with Gasteiger partial charge in [0, 0.05) is 18.5 Å². The minimum atomic E-state index is -0.0777. The van der Waals surface area contributed by atoms with E-state index in [1.54, 1.807) is 24.3 Å². The Labute approximate surface area is 185 Å². The number of aromatic hydroxyl groups is 1. The van der Waals surface area contributed by atoms with Crippen LogP contribution in [0.15, 0.2) is 54.6 Å². The molecule has 0 saturated heterocycles. The number of carbonyl (C=O) groups excluding carboxylic acids is 1. The minimum Gasteiger partial charge on any atom is -0.508 e. The summed E-state index contributed by atoms with van der Waals surface area (Å²) >= 11 is 0. The van der Waals surface area contributed by atoms with Gasteiger partial charge in [0.25, 0.3) is 5.91 Å². The highest BCUT2D eigenvalue weighted by Crippen LogP contribution is 2.24. The van der Waals surface area contributed by atoms with Crippen molar-refractivity contribution in [2.24, 2.45) is 10.8 Å². The Kier molecular flexibility index (Phi) is 6.40. The zero-order chi connectivity index (χ0) is 22.8. The van der Waals surface area contributed by atoms with Gasteiger partial charge in [0.2, 0.25) is 0 Å². The summed E-state index contributed by atoms with van der Waals surface area (Å²) in [6, 6.07) is 17.1. The molecular weight excluding hydrogens is 384 g/mol. The van der Waals surface area contributed by atoms with Crippen molar-refractivity contribution in [2.45, 2.75) is 54.5 Å². The highest BCUT2D eigenvalue weighted by Gasteiger charge is 2.24. The number of carbonyl (C=O) groups is 1. The minimum absolute atomic E-state index is 0.0404. The molecule has 3 aromatic rings. The Morgan fingerprint density at radius 3 is 2.29 bits per heavy atom. The van der Waals surface area contributed by atoms with Crippen molar-refractivity contribution < 1.29 is 9.90 Å². The highest BCUT2D eigenvalue weighted by atomic mass is 16.3. The number of pyridine rings is 1. The molecule has 1 aromatic heterocycles. The molecule has 0 unspecified atom stereocenters. The van der Waals surface area contributed by atoms with Gasteiger partial charge in [0.1, 0.15) is 11.4 Å². The number of benzene rings is 2.